The Morgan fingerprint density at radius 1 is 0.950 bits per heavy atom. The first kappa shape index (κ1) is 13.8. The van der Waals surface area contributed by atoms with Crippen LogP contribution in [-0.4, -0.2) is 23.8 Å². The van der Waals surface area contributed by atoms with Crippen molar-refractivity contribution in [3.8, 4) is 0 Å². The number of benzene rings is 2. The number of hydrogen-bond acceptors (Lipinski definition) is 2. The number of rotatable bonds is 4. The number of primary amides is 1. The predicted octanol–water partition coefficient (Wildman–Crippen LogP) is 2.06. The van der Waals surface area contributed by atoms with Crippen molar-refractivity contribution in [2.75, 3.05) is 7.05 Å². The highest BCUT2D eigenvalue weighted by atomic mass is 16.2. The van der Waals surface area contributed by atoms with Crippen molar-refractivity contribution < 1.29 is 9.59 Å². The maximum absolute atomic E-state index is 12.2. The lowest BCUT2D eigenvalue weighted by atomic mass is 10.1. The summed E-state index contributed by atoms with van der Waals surface area (Å²) in [6, 6.07) is 16.1. The first-order valence-corrected chi connectivity index (χ1v) is 6.27. The molecule has 0 bridgehead atoms. The Bertz CT molecular complexity index is 606. The summed E-state index contributed by atoms with van der Waals surface area (Å²) in [7, 11) is 1.75. The highest BCUT2D eigenvalue weighted by Crippen LogP contribution is 2.09. The first-order chi connectivity index (χ1) is 9.58. The van der Waals surface area contributed by atoms with Gasteiger partial charge >= 0.3 is 0 Å². The largest absolute Gasteiger partial charge is 0.366 e. The molecule has 0 aliphatic heterocycles. The van der Waals surface area contributed by atoms with E-state index in [9.17, 15) is 9.59 Å². The van der Waals surface area contributed by atoms with E-state index < -0.39 is 5.91 Å². The second-order valence-corrected chi connectivity index (χ2v) is 4.59. The third-order valence-corrected chi connectivity index (χ3v) is 3.03. The molecule has 102 valence electrons. The minimum absolute atomic E-state index is 0.0374. The Kier molecular flexibility index (Phi) is 4.15. The Balaban J connectivity index is 2.06. The van der Waals surface area contributed by atoms with Gasteiger partial charge in [0.15, 0.2) is 0 Å². The Hall–Kier alpha value is -2.62. The topological polar surface area (TPSA) is 63.4 Å². The molecule has 2 amide bonds. The van der Waals surface area contributed by atoms with E-state index in [0.717, 1.165) is 5.56 Å². The van der Waals surface area contributed by atoms with E-state index in [2.05, 4.69) is 0 Å². The fourth-order valence-corrected chi connectivity index (χ4v) is 1.92. The molecule has 2 aromatic rings. The van der Waals surface area contributed by atoms with Crippen molar-refractivity contribution in [3.05, 3.63) is 71.3 Å². The predicted molar refractivity (Wildman–Crippen MR) is 77.2 cm³/mol. The minimum Gasteiger partial charge on any atom is -0.366 e. The number of amides is 2. The van der Waals surface area contributed by atoms with Crippen LogP contribution in [0.1, 0.15) is 26.3 Å². The fraction of sp³-hybridized carbons (Fsp3) is 0.125. The van der Waals surface area contributed by atoms with Crippen LogP contribution in [0.5, 0.6) is 0 Å². The van der Waals surface area contributed by atoms with E-state index in [-0.39, 0.29) is 5.91 Å². The lowest BCUT2D eigenvalue weighted by Gasteiger charge is -2.17. The van der Waals surface area contributed by atoms with Gasteiger partial charge in [-0.25, -0.2) is 0 Å². The van der Waals surface area contributed by atoms with Crippen molar-refractivity contribution >= 4 is 11.8 Å². The van der Waals surface area contributed by atoms with E-state index in [4.69, 9.17) is 5.73 Å². The van der Waals surface area contributed by atoms with E-state index in [1.54, 1.807) is 48.3 Å². The van der Waals surface area contributed by atoms with Crippen LogP contribution in [0.3, 0.4) is 0 Å². The molecule has 2 rings (SSSR count). The SMILES string of the molecule is CN(Cc1ccc(C(N)=O)cc1)C(=O)c1ccccc1. The van der Waals surface area contributed by atoms with Crippen LogP contribution >= 0.6 is 0 Å². The molecule has 0 spiro atoms. The number of nitrogens with zero attached hydrogens (tertiary/aromatic N) is 1. The number of hydrogen-bond donors (Lipinski definition) is 1. The van der Waals surface area contributed by atoms with Gasteiger partial charge in [0.05, 0.1) is 0 Å². The van der Waals surface area contributed by atoms with Gasteiger partial charge in [0.25, 0.3) is 5.91 Å². The van der Waals surface area contributed by atoms with Crippen molar-refractivity contribution in [1.29, 1.82) is 0 Å². The molecule has 20 heavy (non-hydrogen) atoms. The van der Waals surface area contributed by atoms with Gasteiger partial charge in [0.1, 0.15) is 0 Å². The molecule has 0 saturated carbocycles. The van der Waals surface area contributed by atoms with Crippen LogP contribution < -0.4 is 5.73 Å². The molecule has 2 aromatic carbocycles. The van der Waals surface area contributed by atoms with Crippen molar-refractivity contribution in [2.45, 2.75) is 6.54 Å². The zero-order valence-corrected chi connectivity index (χ0v) is 11.2. The van der Waals surface area contributed by atoms with E-state index in [1.165, 1.54) is 0 Å². The quantitative estimate of drug-likeness (QED) is 0.922. The van der Waals surface area contributed by atoms with Crippen LogP contribution in [-0.2, 0) is 6.54 Å². The second-order valence-electron chi connectivity index (χ2n) is 4.59. The Morgan fingerprint density at radius 3 is 2.10 bits per heavy atom. The molecular weight excluding hydrogens is 252 g/mol. The molecule has 0 heterocycles. The maximum Gasteiger partial charge on any atom is 0.253 e. The molecule has 0 atom stereocenters. The second kappa shape index (κ2) is 6.02. The minimum atomic E-state index is -0.453. The summed E-state index contributed by atoms with van der Waals surface area (Å²) in [4.78, 5) is 24.8. The Morgan fingerprint density at radius 2 is 1.55 bits per heavy atom. The zero-order chi connectivity index (χ0) is 14.5. The fourth-order valence-electron chi connectivity index (χ4n) is 1.92. The molecule has 0 radical (unpaired) electrons. The van der Waals surface area contributed by atoms with Crippen LogP contribution in [0.4, 0.5) is 0 Å². The number of carbonyl (C=O) groups excluding carboxylic acids is 2. The molecular formula is C16H16N2O2. The number of nitrogens with two attached hydrogens (primary N) is 1. The van der Waals surface area contributed by atoms with Gasteiger partial charge in [0, 0.05) is 24.7 Å². The summed E-state index contributed by atoms with van der Waals surface area (Å²) in [5.74, 6) is -0.491. The van der Waals surface area contributed by atoms with Gasteiger partial charge in [-0.3, -0.25) is 9.59 Å². The molecule has 0 fully saturated rings. The van der Waals surface area contributed by atoms with Crippen molar-refractivity contribution in [2.24, 2.45) is 5.73 Å². The summed E-state index contributed by atoms with van der Waals surface area (Å²) >= 11 is 0. The smallest absolute Gasteiger partial charge is 0.253 e. The lowest BCUT2D eigenvalue weighted by Crippen LogP contribution is -2.26. The van der Waals surface area contributed by atoms with Crippen molar-refractivity contribution in [3.63, 3.8) is 0 Å². The van der Waals surface area contributed by atoms with Gasteiger partial charge in [-0.05, 0) is 29.8 Å². The third-order valence-electron chi connectivity index (χ3n) is 3.03. The molecule has 2 N–H and O–H groups in total. The highest BCUT2D eigenvalue weighted by molar-refractivity contribution is 5.94. The monoisotopic (exact) mass is 268 g/mol. The van der Waals surface area contributed by atoms with E-state index >= 15 is 0 Å². The maximum atomic E-state index is 12.2. The molecule has 0 saturated heterocycles. The average Bonchev–Trinajstić information content (AvgIpc) is 2.48. The Labute approximate surface area is 117 Å². The standard InChI is InChI=1S/C16H16N2O2/c1-18(16(20)14-5-3-2-4-6-14)11-12-7-9-13(10-8-12)15(17)19/h2-10H,11H2,1H3,(H2,17,19). The first-order valence-electron chi connectivity index (χ1n) is 6.27. The summed E-state index contributed by atoms with van der Waals surface area (Å²) in [5.41, 5.74) is 7.25. The van der Waals surface area contributed by atoms with Gasteiger partial charge in [-0.1, -0.05) is 30.3 Å². The third kappa shape index (κ3) is 3.23. The lowest BCUT2D eigenvalue weighted by molar-refractivity contribution is 0.0784. The summed E-state index contributed by atoms with van der Waals surface area (Å²) < 4.78 is 0. The molecule has 0 unspecified atom stereocenters. The van der Waals surface area contributed by atoms with Crippen LogP contribution in [0.2, 0.25) is 0 Å². The summed E-state index contributed by atoms with van der Waals surface area (Å²) in [6.45, 7) is 0.479. The van der Waals surface area contributed by atoms with Gasteiger partial charge in [-0.2, -0.15) is 0 Å². The van der Waals surface area contributed by atoms with Gasteiger partial charge in [-0.15, -0.1) is 0 Å². The van der Waals surface area contributed by atoms with Gasteiger partial charge < -0.3 is 10.6 Å². The zero-order valence-electron chi connectivity index (χ0n) is 11.2. The van der Waals surface area contributed by atoms with Crippen molar-refractivity contribution in [1.82, 2.24) is 4.90 Å². The summed E-state index contributed by atoms with van der Waals surface area (Å²) in [6.07, 6.45) is 0. The molecule has 0 aliphatic carbocycles. The van der Waals surface area contributed by atoms with Crippen LogP contribution in [0.15, 0.2) is 54.6 Å². The molecule has 0 aromatic heterocycles. The highest BCUT2D eigenvalue weighted by Gasteiger charge is 2.11. The van der Waals surface area contributed by atoms with Crippen LogP contribution in [0.25, 0.3) is 0 Å². The normalized spacial score (nSPS) is 10.1. The van der Waals surface area contributed by atoms with E-state index in [0.29, 0.717) is 17.7 Å². The molecule has 0 aliphatic rings. The molecule has 4 heteroatoms. The summed E-state index contributed by atoms with van der Waals surface area (Å²) in [5, 5.41) is 0. The average molecular weight is 268 g/mol. The number of carbonyl (C=O) groups is 2. The van der Waals surface area contributed by atoms with Crippen LogP contribution in [0, 0.1) is 0 Å². The van der Waals surface area contributed by atoms with E-state index in [1.807, 2.05) is 18.2 Å². The molecule has 4 nitrogen and oxygen atoms in total. The van der Waals surface area contributed by atoms with Gasteiger partial charge in [0.2, 0.25) is 5.91 Å².